The average molecular weight is 228 g/mol. The predicted molar refractivity (Wildman–Crippen MR) is 58.0 cm³/mol. The van der Waals surface area contributed by atoms with Crippen LogP contribution >= 0.6 is 11.8 Å². The summed E-state index contributed by atoms with van der Waals surface area (Å²) in [5.41, 5.74) is 5.78. The topological polar surface area (TPSA) is 85.2 Å². The Kier molecular flexibility index (Phi) is 3.79. The first-order valence-electron chi connectivity index (χ1n) is 4.23. The molecule has 6 heteroatoms. The highest BCUT2D eigenvalue weighted by Gasteiger charge is 2.09. The van der Waals surface area contributed by atoms with Gasteiger partial charge in [0.15, 0.2) is 0 Å². The number of carbonyl (C=O) groups excluding carboxylic acids is 1. The standard InChI is InChI=1S/C9H12N2O3S/c1-5-3-7(15-2)6(8(12)11-5)4-14-9(10)13/h3H,4H2,1-2H3,(H2,10,13)(H,11,12). The van der Waals surface area contributed by atoms with Crippen LogP contribution in [0, 0.1) is 6.92 Å². The molecule has 1 amide bonds. The number of nitrogens with one attached hydrogen (secondary N) is 1. The Labute approximate surface area is 91.0 Å². The van der Waals surface area contributed by atoms with Crippen molar-refractivity contribution in [2.75, 3.05) is 6.26 Å². The van der Waals surface area contributed by atoms with Crippen LogP contribution in [0.5, 0.6) is 0 Å². The lowest BCUT2D eigenvalue weighted by Gasteiger charge is -2.07. The second-order valence-corrected chi connectivity index (χ2v) is 3.78. The predicted octanol–water partition coefficient (Wildman–Crippen LogP) is 1.00. The smallest absolute Gasteiger partial charge is 0.404 e. The van der Waals surface area contributed by atoms with E-state index in [1.807, 2.05) is 12.3 Å². The minimum atomic E-state index is -0.887. The van der Waals surface area contributed by atoms with E-state index >= 15 is 0 Å². The highest BCUT2D eigenvalue weighted by Crippen LogP contribution is 2.18. The van der Waals surface area contributed by atoms with E-state index in [1.54, 1.807) is 6.92 Å². The van der Waals surface area contributed by atoms with Gasteiger partial charge < -0.3 is 15.5 Å². The lowest BCUT2D eigenvalue weighted by molar-refractivity contribution is 0.149. The van der Waals surface area contributed by atoms with E-state index in [1.165, 1.54) is 11.8 Å². The van der Waals surface area contributed by atoms with Gasteiger partial charge in [-0.1, -0.05) is 0 Å². The fraction of sp³-hybridized carbons (Fsp3) is 0.333. The van der Waals surface area contributed by atoms with Crippen LogP contribution in [0.15, 0.2) is 15.8 Å². The highest BCUT2D eigenvalue weighted by atomic mass is 32.2. The summed E-state index contributed by atoms with van der Waals surface area (Å²) in [5, 5.41) is 0. The van der Waals surface area contributed by atoms with Gasteiger partial charge in [-0.25, -0.2) is 4.79 Å². The molecule has 0 aromatic carbocycles. The summed E-state index contributed by atoms with van der Waals surface area (Å²) in [4.78, 5) is 25.4. The SMILES string of the molecule is CSc1cc(C)[nH]c(=O)c1COC(N)=O. The molecule has 0 aliphatic heterocycles. The molecule has 3 N–H and O–H groups in total. The monoisotopic (exact) mass is 228 g/mol. The van der Waals surface area contributed by atoms with Crippen LogP contribution in [-0.4, -0.2) is 17.3 Å². The van der Waals surface area contributed by atoms with E-state index in [0.717, 1.165) is 10.6 Å². The van der Waals surface area contributed by atoms with Crippen LogP contribution in [0.25, 0.3) is 0 Å². The molecule has 0 aliphatic rings. The van der Waals surface area contributed by atoms with Gasteiger partial charge in [0.1, 0.15) is 6.61 Å². The van der Waals surface area contributed by atoms with Crippen LogP contribution < -0.4 is 11.3 Å². The number of carbonyl (C=O) groups is 1. The minimum Gasteiger partial charge on any atom is -0.445 e. The molecule has 0 bridgehead atoms. The van der Waals surface area contributed by atoms with Crippen molar-refractivity contribution in [1.82, 2.24) is 4.98 Å². The molecule has 0 saturated carbocycles. The van der Waals surface area contributed by atoms with Gasteiger partial charge in [-0.15, -0.1) is 11.8 Å². The summed E-state index contributed by atoms with van der Waals surface area (Å²) in [6, 6.07) is 1.83. The zero-order chi connectivity index (χ0) is 11.4. The molecule has 0 radical (unpaired) electrons. The first kappa shape index (κ1) is 11.6. The van der Waals surface area contributed by atoms with Gasteiger partial charge in [-0.3, -0.25) is 4.79 Å². The maximum atomic E-state index is 11.5. The summed E-state index contributed by atoms with van der Waals surface area (Å²) >= 11 is 1.42. The van der Waals surface area contributed by atoms with E-state index < -0.39 is 6.09 Å². The van der Waals surface area contributed by atoms with Crippen molar-refractivity contribution in [3.8, 4) is 0 Å². The zero-order valence-electron chi connectivity index (χ0n) is 8.49. The molecule has 0 saturated heterocycles. The molecule has 1 aromatic heterocycles. The van der Waals surface area contributed by atoms with Gasteiger partial charge in [0.05, 0.1) is 5.56 Å². The van der Waals surface area contributed by atoms with Crippen molar-refractivity contribution in [2.45, 2.75) is 18.4 Å². The van der Waals surface area contributed by atoms with E-state index in [9.17, 15) is 9.59 Å². The third-order valence-electron chi connectivity index (χ3n) is 1.81. The van der Waals surface area contributed by atoms with Crippen LogP contribution in [-0.2, 0) is 11.3 Å². The molecule has 1 aromatic rings. The molecule has 0 atom stereocenters. The fourth-order valence-corrected chi connectivity index (χ4v) is 1.84. The fourth-order valence-electron chi connectivity index (χ4n) is 1.15. The number of pyridine rings is 1. The molecule has 0 aliphatic carbocycles. The molecule has 15 heavy (non-hydrogen) atoms. The largest absolute Gasteiger partial charge is 0.445 e. The Morgan fingerprint density at radius 1 is 1.67 bits per heavy atom. The molecular weight excluding hydrogens is 216 g/mol. The summed E-state index contributed by atoms with van der Waals surface area (Å²) in [6.07, 6.45) is 0.962. The Morgan fingerprint density at radius 3 is 2.87 bits per heavy atom. The number of rotatable bonds is 3. The quantitative estimate of drug-likeness (QED) is 0.756. The van der Waals surface area contributed by atoms with Gasteiger partial charge in [0, 0.05) is 10.6 Å². The molecule has 0 unspecified atom stereocenters. The van der Waals surface area contributed by atoms with Crippen molar-refractivity contribution in [3.05, 3.63) is 27.7 Å². The molecule has 82 valence electrons. The van der Waals surface area contributed by atoms with Crippen molar-refractivity contribution >= 4 is 17.9 Å². The van der Waals surface area contributed by atoms with Crippen molar-refractivity contribution in [1.29, 1.82) is 0 Å². The summed E-state index contributed by atoms with van der Waals surface area (Å²) in [7, 11) is 0. The maximum absolute atomic E-state index is 11.5. The van der Waals surface area contributed by atoms with Crippen LogP contribution in [0.4, 0.5) is 4.79 Å². The normalized spacial score (nSPS) is 10.0. The lowest BCUT2D eigenvalue weighted by Crippen LogP contribution is -2.20. The molecule has 0 fully saturated rings. The van der Waals surface area contributed by atoms with Crippen LogP contribution in [0.3, 0.4) is 0 Å². The number of amides is 1. The molecule has 5 nitrogen and oxygen atoms in total. The summed E-state index contributed by atoms with van der Waals surface area (Å²) in [5.74, 6) is 0. The average Bonchev–Trinajstić information content (AvgIpc) is 2.14. The number of hydrogen-bond acceptors (Lipinski definition) is 4. The number of H-pyrrole nitrogens is 1. The Bertz CT molecular complexity index is 428. The number of hydrogen-bond donors (Lipinski definition) is 2. The van der Waals surface area contributed by atoms with E-state index in [0.29, 0.717) is 5.56 Å². The Balaban J connectivity index is 3.04. The van der Waals surface area contributed by atoms with Gasteiger partial charge in [-0.05, 0) is 19.2 Å². The second-order valence-electron chi connectivity index (χ2n) is 2.94. The second kappa shape index (κ2) is 4.88. The first-order valence-corrected chi connectivity index (χ1v) is 5.46. The van der Waals surface area contributed by atoms with Gasteiger partial charge in [0.25, 0.3) is 5.56 Å². The number of ether oxygens (including phenoxy) is 1. The third kappa shape index (κ3) is 3.02. The van der Waals surface area contributed by atoms with Gasteiger partial charge in [0.2, 0.25) is 0 Å². The molecule has 1 rings (SSSR count). The number of primary amides is 1. The van der Waals surface area contributed by atoms with Crippen LogP contribution in [0.1, 0.15) is 11.3 Å². The maximum Gasteiger partial charge on any atom is 0.404 e. The molecule has 0 spiro atoms. The first-order chi connectivity index (χ1) is 7.04. The van der Waals surface area contributed by atoms with Crippen molar-refractivity contribution in [2.24, 2.45) is 5.73 Å². The van der Waals surface area contributed by atoms with E-state index in [2.05, 4.69) is 9.72 Å². The van der Waals surface area contributed by atoms with E-state index in [-0.39, 0.29) is 12.2 Å². The number of thioether (sulfide) groups is 1. The number of aromatic amines is 1. The number of nitrogens with two attached hydrogens (primary N) is 1. The Morgan fingerprint density at radius 2 is 2.33 bits per heavy atom. The zero-order valence-corrected chi connectivity index (χ0v) is 9.31. The lowest BCUT2D eigenvalue weighted by atomic mass is 10.2. The van der Waals surface area contributed by atoms with Crippen LogP contribution in [0.2, 0.25) is 0 Å². The minimum absolute atomic E-state index is 0.0961. The van der Waals surface area contributed by atoms with E-state index in [4.69, 9.17) is 5.73 Å². The molecule has 1 heterocycles. The summed E-state index contributed by atoms with van der Waals surface area (Å²) in [6.45, 7) is 1.70. The molecular formula is C9H12N2O3S. The van der Waals surface area contributed by atoms with Crippen molar-refractivity contribution in [3.63, 3.8) is 0 Å². The number of aromatic nitrogens is 1. The number of aryl methyl sites for hydroxylation is 1. The van der Waals surface area contributed by atoms with Crippen molar-refractivity contribution < 1.29 is 9.53 Å². The van der Waals surface area contributed by atoms with Gasteiger partial charge in [-0.2, -0.15) is 0 Å². The Hall–Kier alpha value is -1.43. The third-order valence-corrected chi connectivity index (χ3v) is 2.61. The van der Waals surface area contributed by atoms with Gasteiger partial charge >= 0.3 is 6.09 Å². The highest BCUT2D eigenvalue weighted by molar-refractivity contribution is 7.98. The summed E-state index contributed by atoms with van der Waals surface area (Å²) < 4.78 is 4.60.